The highest BCUT2D eigenvalue weighted by atomic mass is 16.5. The number of Topliss-reactive ketones (excluding diaryl/α,β-unsaturated/α-hetero) is 1. The van der Waals surface area contributed by atoms with E-state index in [1.165, 1.54) is 5.56 Å². The Labute approximate surface area is 123 Å². The van der Waals surface area contributed by atoms with E-state index >= 15 is 0 Å². The Bertz CT molecular complexity index is 763. The Morgan fingerprint density at radius 1 is 1.00 bits per heavy atom. The number of phenols is 1. The smallest absolute Gasteiger partial charge is 0.170 e. The normalized spacial score (nSPS) is 22.4. The molecule has 0 aromatic heterocycles. The van der Waals surface area contributed by atoms with Crippen molar-refractivity contribution in [2.24, 2.45) is 5.41 Å². The number of methoxy groups -OCH3 is 1. The molecule has 2 aliphatic carbocycles. The summed E-state index contributed by atoms with van der Waals surface area (Å²) < 4.78 is 5.23. The molecule has 0 heterocycles. The molecule has 0 saturated heterocycles. The van der Waals surface area contributed by atoms with Crippen LogP contribution in [0.2, 0.25) is 0 Å². The number of benzene rings is 2. The van der Waals surface area contributed by atoms with Gasteiger partial charge in [0.15, 0.2) is 5.78 Å². The van der Waals surface area contributed by atoms with Crippen molar-refractivity contribution in [3.05, 3.63) is 58.7 Å². The Morgan fingerprint density at radius 2 is 1.71 bits per heavy atom. The van der Waals surface area contributed by atoms with Gasteiger partial charge in [0.1, 0.15) is 11.5 Å². The summed E-state index contributed by atoms with van der Waals surface area (Å²) in [4.78, 5) is 12.9. The molecule has 3 nitrogen and oxygen atoms in total. The Morgan fingerprint density at radius 3 is 2.52 bits per heavy atom. The third-order valence-corrected chi connectivity index (χ3v) is 4.82. The summed E-state index contributed by atoms with van der Waals surface area (Å²) >= 11 is 0. The minimum atomic E-state index is -0.356. The quantitative estimate of drug-likeness (QED) is 0.873. The molecule has 1 unspecified atom stereocenters. The zero-order valence-corrected chi connectivity index (χ0v) is 11.8. The lowest BCUT2D eigenvalue weighted by atomic mass is 9.81. The van der Waals surface area contributed by atoms with Crippen molar-refractivity contribution >= 4 is 5.78 Å². The lowest BCUT2D eigenvalue weighted by Crippen LogP contribution is -2.28. The van der Waals surface area contributed by atoms with Crippen molar-refractivity contribution in [1.29, 1.82) is 0 Å². The van der Waals surface area contributed by atoms with E-state index in [1.54, 1.807) is 19.2 Å². The van der Waals surface area contributed by atoms with Gasteiger partial charge in [-0.15, -0.1) is 0 Å². The molecule has 4 rings (SSSR count). The maximum atomic E-state index is 12.9. The molecule has 0 fully saturated rings. The van der Waals surface area contributed by atoms with Crippen molar-refractivity contribution in [3.8, 4) is 11.5 Å². The summed E-state index contributed by atoms with van der Waals surface area (Å²) in [6.07, 6.45) is 2.26. The van der Waals surface area contributed by atoms with Gasteiger partial charge in [0.25, 0.3) is 0 Å². The van der Waals surface area contributed by atoms with Gasteiger partial charge >= 0.3 is 0 Å². The second-order valence-corrected chi connectivity index (χ2v) is 6.12. The Balaban J connectivity index is 1.75. The fraction of sp³-hybridized carbons (Fsp3) is 0.278. The number of phenolic OH excluding ortho intramolecular Hbond substituents is 1. The third kappa shape index (κ3) is 1.70. The van der Waals surface area contributed by atoms with Crippen LogP contribution in [-0.2, 0) is 19.3 Å². The van der Waals surface area contributed by atoms with Gasteiger partial charge < -0.3 is 9.84 Å². The number of carbonyl (C=O) groups is 1. The van der Waals surface area contributed by atoms with Crippen LogP contribution in [-0.4, -0.2) is 18.0 Å². The summed E-state index contributed by atoms with van der Waals surface area (Å²) in [5.41, 5.74) is 3.83. The summed E-state index contributed by atoms with van der Waals surface area (Å²) in [5, 5.41) is 9.63. The van der Waals surface area contributed by atoms with E-state index in [0.717, 1.165) is 35.3 Å². The maximum absolute atomic E-state index is 12.9. The van der Waals surface area contributed by atoms with Gasteiger partial charge in [-0.1, -0.05) is 12.1 Å². The maximum Gasteiger partial charge on any atom is 0.170 e. The van der Waals surface area contributed by atoms with Crippen molar-refractivity contribution in [3.63, 3.8) is 0 Å². The first-order valence-corrected chi connectivity index (χ1v) is 7.14. The summed E-state index contributed by atoms with van der Waals surface area (Å²) in [6, 6.07) is 11.2. The zero-order valence-electron chi connectivity index (χ0n) is 11.8. The van der Waals surface area contributed by atoms with Gasteiger partial charge in [0.05, 0.1) is 7.11 Å². The van der Waals surface area contributed by atoms with Crippen LogP contribution in [0.15, 0.2) is 36.4 Å². The number of carbonyl (C=O) groups excluding carboxylic acids is 1. The molecule has 0 saturated carbocycles. The molecule has 2 aromatic rings. The topological polar surface area (TPSA) is 46.5 Å². The molecule has 0 radical (unpaired) electrons. The van der Waals surface area contributed by atoms with Crippen LogP contribution < -0.4 is 4.74 Å². The minimum Gasteiger partial charge on any atom is -0.508 e. The first-order valence-electron chi connectivity index (χ1n) is 7.14. The molecule has 3 heteroatoms. The van der Waals surface area contributed by atoms with Crippen molar-refractivity contribution in [2.45, 2.75) is 19.3 Å². The van der Waals surface area contributed by atoms with E-state index in [0.29, 0.717) is 6.42 Å². The predicted molar refractivity (Wildman–Crippen MR) is 79.0 cm³/mol. The molecule has 0 bridgehead atoms. The zero-order chi connectivity index (χ0) is 14.6. The molecule has 2 aromatic carbocycles. The summed E-state index contributed by atoms with van der Waals surface area (Å²) in [7, 11) is 1.62. The third-order valence-electron chi connectivity index (χ3n) is 4.82. The molecule has 1 atom stereocenters. The van der Waals surface area contributed by atoms with E-state index < -0.39 is 0 Å². The number of ether oxygens (including phenoxy) is 1. The van der Waals surface area contributed by atoms with E-state index in [9.17, 15) is 9.90 Å². The molecular weight excluding hydrogens is 264 g/mol. The highest BCUT2D eigenvalue weighted by Crippen LogP contribution is 2.48. The largest absolute Gasteiger partial charge is 0.508 e. The highest BCUT2D eigenvalue weighted by molar-refractivity contribution is 6.06. The minimum absolute atomic E-state index is 0.215. The number of aromatic hydroxyl groups is 1. The first kappa shape index (κ1) is 12.5. The molecule has 1 N–H and O–H groups in total. The first-order chi connectivity index (χ1) is 10.1. The molecule has 106 valence electrons. The van der Waals surface area contributed by atoms with Gasteiger partial charge in [0, 0.05) is 11.0 Å². The number of hydrogen-bond acceptors (Lipinski definition) is 3. The van der Waals surface area contributed by atoms with Crippen LogP contribution in [0.5, 0.6) is 11.5 Å². The average Bonchev–Trinajstić information content (AvgIpc) is 2.97. The van der Waals surface area contributed by atoms with Gasteiger partial charge in [0.2, 0.25) is 0 Å². The number of fused-ring (bicyclic) bond motifs is 2. The van der Waals surface area contributed by atoms with E-state index in [1.807, 2.05) is 24.3 Å². The second kappa shape index (κ2) is 4.10. The van der Waals surface area contributed by atoms with Crippen LogP contribution in [0.25, 0.3) is 0 Å². The number of hydrogen-bond donors (Lipinski definition) is 1. The van der Waals surface area contributed by atoms with E-state index in [4.69, 9.17) is 4.74 Å². The van der Waals surface area contributed by atoms with Crippen LogP contribution in [0, 0.1) is 5.41 Å². The molecule has 1 spiro atoms. The molecule has 0 aliphatic heterocycles. The van der Waals surface area contributed by atoms with Gasteiger partial charge in [-0.25, -0.2) is 0 Å². The van der Waals surface area contributed by atoms with Crippen LogP contribution in [0.4, 0.5) is 0 Å². The Kier molecular flexibility index (Phi) is 2.43. The van der Waals surface area contributed by atoms with Gasteiger partial charge in [-0.3, -0.25) is 4.79 Å². The fourth-order valence-corrected chi connectivity index (χ4v) is 3.81. The molecular formula is C18H16O3. The van der Waals surface area contributed by atoms with Crippen LogP contribution >= 0.6 is 0 Å². The molecule has 2 aliphatic rings. The van der Waals surface area contributed by atoms with Crippen LogP contribution in [0.3, 0.4) is 0 Å². The molecule has 0 amide bonds. The number of rotatable bonds is 1. The van der Waals surface area contributed by atoms with Gasteiger partial charge in [-0.05, 0) is 60.2 Å². The molecule has 21 heavy (non-hydrogen) atoms. The van der Waals surface area contributed by atoms with Crippen molar-refractivity contribution < 1.29 is 14.6 Å². The lowest BCUT2D eigenvalue weighted by Gasteiger charge is -2.20. The van der Waals surface area contributed by atoms with Gasteiger partial charge in [-0.2, -0.15) is 0 Å². The van der Waals surface area contributed by atoms with E-state index in [2.05, 4.69) is 0 Å². The predicted octanol–water partition coefficient (Wildman–Crippen LogP) is 2.92. The van der Waals surface area contributed by atoms with Crippen molar-refractivity contribution in [2.75, 3.05) is 7.11 Å². The van der Waals surface area contributed by atoms with Crippen molar-refractivity contribution in [1.82, 2.24) is 0 Å². The lowest BCUT2D eigenvalue weighted by molar-refractivity contribution is 0.0831. The highest BCUT2D eigenvalue weighted by Gasteiger charge is 2.49. The SMILES string of the molecule is COc1ccc2c(c1)C(=O)C1(Cc3ccc(O)cc3C1)C2. The van der Waals surface area contributed by atoms with E-state index in [-0.39, 0.29) is 16.9 Å². The number of ketones is 1. The Hall–Kier alpha value is -2.29. The average molecular weight is 280 g/mol. The fourth-order valence-electron chi connectivity index (χ4n) is 3.81. The standard InChI is InChI=1S/C18H16O3/c1-21-15-5-3-12-9-18(17(20)16(12)7-15)8-11-2-4-14(19)6-13(11)10-18/h2-7,19H,8-10H2,1H3. The van der Waals surface area contributed by atoms with Crippen LogP contribution in [0.1, 0.15) is 27.0 Å². The second-order valence-electron chi connectivity index (χ2n) is 6.12. The monoisotopic (exact) mass is 280 g/mol. The summed E-state index contributed by atoms with van der Waals surface area (Å²) in [6.45, 7) is 0. The summed E-state index contributed by atoms with van der Waals surface area (Å²) in [5.74, 6) is 1.22.